The van der Waals surface area contributed by atoms with Crippen molar-refractivity contribution in [3.05, 3.63) is 94.7 Å². The van der Waals surface area contributed by atoms with Crippen LogP contribution in [0.2, 0.25) is 0 Å². The zero-order chi connectivity index (χ0) is 22.9. The Morgan fingerprint density at radius 2 is 1.94 bits per heavy atom. The summed E-state index contributed by atoms with van der Waals surface area (Å²) in [5.41, 5.74) is 10.0. The van der Waals surface area contributed by atoms with Crippen LogP contribution in [0.25, 0.3) is 0 Å². The number of H-pyrrole nitrogens is 1. The Balaban J connectivity index is 1.72. The zero-order valence-electron chi connectivity index (χ0n) is 18.0. The molecule has 0 fully saturated rings. The van der Waals surface area contributed by atoms with E-state index in [-0.39, 0.29) is 17.5 Å². The number of methoxy groups -OCH3 is 1. The van der Waals surface area contributed by atoms with Crippen molar-refractivity contribution < 1.29 is 9.53 Å². The predicted octanol–water partition coefficient (Wildman–Crippen LogP) is 3.51. The zero-order valence-corrected chi connectivity index (χ0v) is 18.0. The van der Waals surface area contributed by atoms with Crippen LogP contribution in [0.1, 0.15) is 35.8 Å². The van der Waals surface area contributed by atoms with Crippen molar-refractivity contribution >= 4 is 11.7 Å². The number of hydrogen-bond donors (Lipinski definition) is 2. The SMILES string of the molecule is COc1cccc(C2C(C#N)=C(N)N(c3ncn[nH]3)C3=C2C(=O)CC(c2ccccc2)C3)c1. The lowest BCUT2D eigenvalue weighted by atomic mass is 9.72. The van der Waals surface area contributed by atoms with Crippen molar-refractivity contribution in [2.24, 2.45) is 5.73 Å². The van der Waals surface area contributed by atoms with Crippen molar-refractivity contribution in [1.82, 2.24) is 15.2 Å². The Morgan fingerprint density at radius 1 is 1.15 bits per heavy atom. The molecular weight excluding hydrogens is 416 g/mol. The first-order chi connectivity index (χ1) is 16.1. The number of Topliss-reactive ketones (excluding diaryl/α,β-unsaturated/α-hetero) is 1. The van der Waals surface area contributed by atoms with E-state index in [9.17, 15) is 10.1 Å². The molecular formula is C25H22N6O2. The molecule has 8 nitrogen and oxygen atoms in total. The molecule has 2 atom stereocenters. The van der Waals surface area contributed by atoms with Gasteiger partial charge >= 0.3 is 0 Å². The van der Waals surface area contributed by atoms with E-state index in [1.807, 2.05) is 54.6 Å². The van der Waals surface area contributed by atoms with Gasteiger partial charge in [-0.2, -0.15) is 15.3 Å². The number of nitrogens with zero attached hydrogens (tertiary/aromatic N) is 4. The van der Waals surface area contributed by atoms with E-state index >= 15 is 0 Å². The molecule has 8 heteroatoms. The first-order valence-electron chi connectivity index (χ1n) is 10.6. The summed E-state index contributed by atoms with van der Waals surface area (Å²) >= 11 is 0. The van der Waals surface area contributed by atoms with Gasteiger partial charge in [0.15, 0.2) is 5.78 Å². The highest BCUT2D eigenvalue weighted by molar-refractivity contribution is 6.01. The average molecular weight is 438 g/mol. The molecule has 3 aromatic rings. The summed E-state index contributed by atoms with van der Waals surface area (Å²) < 4.78 is 5.39. The Hall–Kier alpha value is -4.38. The number of ether oxygens (including phenoxy) is 1. The minimum absolute atomic E-state index is 0.00901. The van der Waals surface area contributed by atoms with E-state index in [2.05, 4.69) is 21.3 Å². The number of carbonyl (C=O) groups excluding carboxylic acids is 1. The number of nitrogens with one attached hydrogen (secondary N) is 1. The van der Waals surface area contributed by atoms with Gasteiger partial charge in [-0.05, 0) is 35.6 Å². The molecule has 3 N–H and O–H groups in total. The number of benzene rings is 2. The molecule has 2 aromatic carbocycles. The maximum Gasteiger partial charge on any atom is 0.231 e. The molecule has 0 saturated heterocycles. The van der Waals surface area contributed by atoms with Gasteiger partial charge in [-0.1, -0.05) is 42.5 Å². The fraction of sp³-hybridized carbons (Fsp3) is 0.200. The van der Waals surface area contributed by atoms with Crippen molar-refractivity contribution in [1.29, 1.82) is 5.26 Å². The second kappa shape index (κ2) is 8.28. The van der Waals surface area contributed by atoms with Crippen LogP contribution in [0.5, 0.6) is 5.75 Å². The Morgan fingerprint density at radius 3 is 2.64 bits per heavy atom. The highest BCUT2D eigenvalue weighted by Crippen LogP contribution is 2.48. The fourth-order valence-electron chi connectivity index (χ4n) is 4.79. The largest absolute Gasteiger partial charge is 0.497 e. The molecule has 2 heterocycles. The molecule has 2 unspecified atom stereocenters. The Kier molecular flexibility index (Phi) is 5.15. The number of anilines is 1. The van der Waals surface area contributed by atoms with Gasteiger partial charge < -0.3 is 10.5 Å². The predicted molar refractivity (Wildman–Crippen MR) is 122 cm³/mol. The van der Waals surface area contributed by atoms with E-state index in [4.69, 9.17) is 10.5 Å². The highest BCUT2D eigenvalue weighted by atomic mass is 16.5. The van der Waals surface area contributed by atoms with Crippen LogP contribution in [0.3, 0.4) is 0 Å². The highest BCUT2D eigenvalue weighted by Gasteiger charge is 2.43. The quantitative estimate of drug-likeness (QED) is 0.639. The summed E-state index contributed by atoms with van der Waals surface area (Å²) in [6.45, 7) is 0. The van der Waals surface area contributed by atoms with E-state index in [1.165, 1.54) is 6.33 Å². The van der Waals surface area contributed by atoms with Gasteiger partial charge in [-0.25, -0.2) is 5.10 Å². The van der Waals surface area contributed by atoms with E-state index in [1.54, 1.807) is 12.0 Å². The molecule has 2 aliphatic rings. The van der Waals surface area contributed by atoms with Gasteiger partial charge in [0, 0.05) is 17.7 Å². The minimum Gasteiger partial charge on any atom is -0.497 e. The lowest BCUT2D eigenvalue weighted by Gasteiger charge is -2.40. The van der Waals surface area contributed by atoms with Gasteiger partial charge in [0.25, 0.3) is 0 Å². The lowest BCUT2D eigenvalue weighted by molar-refractivity contribution is -0.116. The number of aromatic amines is 1. The van der Waals surface area contributed by atoms with Crippen LogP contribution in [-0.4, -0.2) is 28.1 Å². The Bertz CT molecular complexity index is 1300. The third-order valence-electron chi connectivity index (χ3n) is 6.28. The fourth-order valence-corrected chi connectivity index (χ4v) is 4.79. The number of carbonyl (C=O) groups is 1. The summed E-state index contributed by atoms with van der Waals surface area (Å²) in [7, 11) is 1.59. The molecule has 1 aromatic heterocycles. The van der Waals surface area contributed by atoms with Crippen LogP contribution in [0.4, 0.5) is 5.95 Å². The number of nitrogens with two attached hydrogens (primary N) is 1. The van der Waals surface area contributed by atoms with Crippen molar-refractivity contribution in [2.75, 3.05) is 12.0 Å². The maximum atomic E-state index is 13.7. The van der Waals surface area contributed by atoms with Crippen LogP contribution >= 0.6 is 0 Å². The van der Waals surface area contributed by atoms with Crippen molar-refractivity contribution in [3.8, 4) is 11.8 Å². The number of allylic oxidation sites excluding steroid dienone is 3. The number of aromatic nitrogens is 3. The smallest absolute Gasteiger partial charge is 0.231 e. The molecule has 1 aliphatic heterocycles. The number of nitriles is 1. The lowest BCUT2D eigenvalue weighted by Crippen LogP contribution is -2.40. The van der Waals surface area contributed by atoms with E-state index in [0.717, 1.165) is 16.8 Å². The van der Waals surface area contributed by atoms with Crippen LogP contribution in [-0.2, 0) is 4.79 Å². The monoisotopic (exact) mass is 438 g/mol. The Labute approximate surface area is 191 Å². The summed E-state index contributed by atoms with van der Waals surface area (Å²) in [5, 5.41) is 16.9. The van der Waals surface area contributed by atoms with Crippen molar-refractivity contribution in [3.63, 3.8) is 0 Å². The third-order valence-corrected chi connectivity index (χ3v) is 6.28. The summed E-state index contributed by atoms with van der Waals surface area (Å²) in [5.74, 6) is 0.658. The van der Waals surface area contributed by atoms with E-state index in [0.29, 0.717) is 35.7 Å². The molecule has 164 valence electrons. The van der Waals surface area contributed by atoms with Crippen LogP contribution in [0.15, 0.2) is 83.6 Å². The second-order valence-electron chi connectivity index (χ2n) is 8.06. The van der Waals surface area contributed by atoms with Crippen LogP contribution < -0.4 is 15.4 Å². The topological polar surface area (TPSA) is 121 Å². The van der Waals surface area contributed by atoms with Crippen molar-refractivity contribution in [2.45, 2.75) is 24.7 Å². The van der Waals surface area contributed by atoms with Crippen LogP contribution in [0, 0.1) is 11.3 Å². The van der Waals surface area contributed by atoms with E-state index < -0.39 is 5.92 Å². The third kappa shape index (κ3) is 3.44. The molecule has 1 aliphatic carbocycles. The summed E-state index contributed by atoms with van der Waals surface area (Å²) in [6.07, 6.45) is 2.31. The van der Waals surface area contributed by atoms with Gasteiger partial charge in [0.1, 0.15) is 17.9 Å². The average Bonchev–Trinajstić information content (AvgIpc) is 3.38. The standard InChI is InChI=1S/C25H22N6O2/c1-33-18-9-5-8-16(10-18)22-19(13-26)24(27)31(25-28-14-29-30-25)20-11-17(12-21(32)23(20)22)15-6-3-2-4-7-15/h2-10,14,17,22H,11-12,27H2,1H3,(H,28,29,30). The van der Waals surface area contributed by atoms with Gasteiger partial charge in [0.2, 0.25) is 5.95 Å². The maximum absolute atomic E-state index is 13.7. The first kappa shape index (κ1) is 20.5. The van der Waals surface area contributed by atoms with Gasteiger partial charge in [-0.15, -0.1) is 0 Å². The molecule has 0 bridgehead atoms. The molecule has 0 radical (unpaired) electrons. The molecule has 0 amide bonds. The molecule has 33 heavy (non-hydrogen) atoms. The molecule has 0 saturated carbocycles. The number of ketones is 1. The summed E-state index contributed by atoms with van der Waals surface area (Å²) in [6, 6.07) is 19.6. The minimum atomic E-state index is -0.580. The van der Waals surface area contributed by atoms with Gasteiger partial charge in [0.05, 0.1) is 24.7 Å². The summed E-state index contributed by atoms with van der Waals surface area (Å²) in [4.78, 5) is 19.6. The first-order valence-corrected chi connectivity index (χ1v) is 10.6. The second-order valence-corrected chi connectivity index (χ2v) is 8.06. The van der Waals surface area contributed by atoms with Gasteiger partial charge in [-0.3, -0.25) is 9.69 Å². The molecule has 0 spiro atoms. The molecule has 5 rings (SSSR count). The number of hydrogen-bond acceptors (Lipinski definition) is 7. The normalized spacial score (nSPS) is 20.5. The number of rotatable bonds is 4.